The molecule has 0 heterocycles. The van der Waals surface area contributed by atoms with E-state index in [9.17, 15) is 4.79 Å². The third-order valence-electron chi connectivity index (χ3n) is 1.83. The van der Waals surface area contributed by atoms with Crippen LogP contribution in [0.2, 0.25) is 0 Å². The highest BCUT2D eigenvalue weighted by Crippen LogP contribution is 1.89. The molecule has 0 aliphatic heterocycles. The fourth-order valence-electron chi connectivity index (χ4n) is 0.841. The minimum absolute atomic E-state index is 0.513. The number of aldehydes is 1. The third-order valence-corrected chi connectivity index (χ3v) is 1.83. The van der Waals surface area contributed by atoms with Crippen molar-refractivity contribution in [3.63, 3.8) is 0 Å². The number of hydrogen-bond acceptors (Lipinski definition) is 2. The first-order valence-corrected chi connectivity index (χ1v) is 5.08. The highest BCUT2D eigenvalue weighted by atomic mass is 16.1. The first-order chi connectivity index (χ1) is 7.31. The molecule has 2 heteroatoms. The van der Waals surface area contributed by atoms with Crippen LogP contribution in [0, 0.1) is 12.8 Å². The second-order valence-electron chi connectivity index (χ2n) is 2.94. The first kappa shape index (κ1) is 16.1. The van der Waals surface area contributed by atoms with Crippen LogP contribution in [0.25, 0.3) is 0 Å². The van der Waals surface area contributed by atoms with Gasteiger partial charge in [0.25, 0.3) is 0 Å². The van der Waals surface area contributed by atoms with Crippen molar-refractivity contribution in [3.8, 4) is 12.8 Å². The largest absolute Gasteiger partial charge is 0.306 e. The molecular formula is C13H21NO. The van der Waals surface area contributed by atoms with Crippen molar-refractivity contribution in [2.75, 3.05) is 20.1 Å². The lowest BCUT2D eigenvalue weighted by Gasteiger charge is -2.10. The summed E-state index contributed by atoms with van der Waals surface area (Å²) in [5, 5.41) is 0. The van der Waals surface area contributed by atoms with E-state index in [1.54, 1.807) is 0 Å². The Bertz CT molecular complexity index is 204. The zero-order chi connectivity index (χ0) is 11.9. The average Bonchev–Trinajstić information content (AvgIpc) is 2.30. The summed E-state index contributed by atoms with van der Waals surface area (Å²) in [7, 11) is 2.11. The van der Waals surface area contributed by atoms with Crippen LogP contribution >= 0.6 is 0 Å². The van der Waals surface area contributed by atoms with Crippen LogP contribution in [0.4, 0.5) is 0 Å². The molecule has 0 N–H and O–H groups in total. The van der Waals surface area contributed by atoms with Crippen molar-refractivity contribution in [2.24, 2.45) is 0 Å². The molecule has 0 aromatic carbocycles. The molecular weight excluding hydrogens is 186 g/mol. The molecule has 0 spiro atoms. The van der Waals surface area contributed by atoms with Crippen molar-refractivity contribution in [3.05, 3.63) is 24.3 Å². The number of hydrogen-bond donors (Lipinski definition) is 0. The fraction of sp³-hybridized carbons (Fsp3) is 0.462. The van der Waals surface area contributed by atoms with Crippen LogP contribution in [0.1, 0.15) is 19.8 Å². The van der Waals surface area contributed by atoms with Crippen molar-refractivity contribution in [2.45, 2.75) is 19.8 Å². The summed E-state index contributed by atoms with van der Waals surface area (Å²) >= 11 is 0. The van der Waals surface area contributed by atoms with Gasteiger partial charge in [-0.05, 0) is 20.0 Å². The highest BCUT2D eigenvalue weighted by molar-refractivity contribution is 5.52. The normalized spacial score (nSPS) is 10.5. The second-order valence-corrected chi connectivity index (χ2v) is 2.94. The minimum Gasteiger partial charge on any atom is -0.306 e. The molecule has 0 aromatic rings. The molecule has 0 saturated carbocycles. The van der Waals surface area contributed by atoms with Gasteiger partial charge in [-0.15, -0.1) is 12.8 Å². The summed E-state index contributed by atoms with van der Waals surface area (Å²) in [5.74, 6) is 0. The maximum Gasteiger partial charge on any atom is 0.123 e. The molecule has 0 saturated heterocycles. The van der Waals surface area contributed by atoms with Gasteiger partial charge in [0.1, 0.15) is 6.29 Å². The van der Waals surface area contributed by atoms with Gasteiger partial charge in [-0.1, -0.05) is 31.2 Å². The molecule has 0 bridgehead atoms. The maximum absolute atomic E-state index is 9.94. The monoisotopic (exact) mass is 207 g/mol. The van der Waals surface area contributed by atoms with Crippen LogP contribution < -0.4 is 0 Å². The van der Waals surface area contributed by atoms with Gasteiger partial charge in [0, 0.05) is 13.0 Å². The Morgan fingerprint density at radius 2 is 1.80 bits per heavy atom. The summed E-state index contributed by atoms with van der Waals surface area (Å²) in [6, 6.07) is 0. The summed E-state index contributed by atoms with van der Waals surface area (Å²) in [4.78, 5) is 12.2. The molecule has 15 heavy (non-hydrogen) atoms. The Kier molecular flexibility index (Phi) is 16.3. The lowest BCUT2D eigenvalue weighted by atomic mass is 10.3. The van der Waals surface area contributed by atoms with E-state index in [2.05, 4.69) is 37.8 Å². The lowest BCUT2D eigenvalue weighted by molar-refractivity contribution is -0.107. The molecule has 0 unspecified atom stereocenters. The highest BCUT2D eigenvalue weighted by Gasteiger charge is 1.88. The van der Waals surface area contributed by atoms with Crippen molar-refractivity contribution in [1.82, 2.24) is 4.90 Å². The van der Waals surface area contributed by atoms with E-state index in [1.807, 2.05) is 18.2 Å². The molecule has 0 atom stereocenters. The van der Waals surface area contributed by atoms with Gasteiger partial charge in [0.05, 0.1) is 0 Å². The average molecular weight is 207 g/mol. The fourth-order valence-corrected chi connectivity index (χ4v) is 0.841. The first-order valence-electron chi connectivity index (χ1n) is 5.08. The van der Waals surface area contributed by atoms with Gasteiger partial charge in [0.15, 0.2) is 0 Å². The van der Waals surface area contributed by atoms with Crippen LogP contribution in [-0.4, -0.2) is 31.3 Å². The van der Waals surface area contributed by atoms with E-state index in [-0.39, 0.29) is 0 Å². The quantitative estimate of drug-likeness (QED) is 0.362. The maximum atomic E-state index is 9.94. The van der Waals surface area contributed by atoms with Crippen molar-refractivity contribution in [1.29, 1.82) is 0 Å². The van der Waals surface area contributed by atoms with Crippen LogP contribution in [-0.2, 0) is 4.79 Å². The van der Waals surface area contributed by atoms with E-state index < -0.39 is 0 Å². The van der Waals surface area contributed by atoms with E-state index in [0.717, 1.165) is 25.8 Å². The number of carbonyl (C=O) groups is 1. The van der Waals surface area contributed by atoms with Crippen LogP contribution in [0.3, 0.4) is 0 Å². The predicted molar refractivity (Wildman–Crippen MR) is 66.6 cm³/mol. The smallest absolute Gasteiger partial charge is 0.123 e. The van der Waals surface area contributed by atoms with Gasteiger partial charge < -0.3 is 9.69 Å². The van der Waals surface area contributed by atoms with Gasteiger partial charge in [-0.2, -0.15) is 0 Å². The summed E-state index contributed by atoms with van der Waals surface area (Å²) in [6.07, 6.45) is 18.4. The predicted octanol–water partition coefficient (Wildman–Crippen LogP) is 2.28. The number of terminal acetylenes is 1. The number of carbonyl (C=O) groups excluding carboxylic acids is 1. The van der Waals surface area contributed by atoms with E-state index >= 15 is 0 Å². The molecule has 0 rings (SSSR count). The second kappa shape index (κ2) is 15.2. The lowest BCUT2D eigenvalue weighted by Crippen LogP contribution is -2.17. The topological polar surface area (TPSA) is 20.3 Å². The van der Waals surface area contributed by atoms with Crippen molar-refractivity contribution < 1.29 is 4.79 Å². The minimum atomic E-state index is 0.513. The van der Waals surface area contributed by atoms with Crippen LogP contribution in [0.15, 0.2) is 24.3 Å². The SMILES string of the molecule is C#C.CCN(C)CC/C=C\C=C/CC=O. The standard InChI is InChI=1S/C11H19NO.C2H2/c1-3-12(2)10-8-6-4-5-7-9-11-13;1-2/h4-7,11H,3,8-10H2,1-2H3;1-2H/b6-4-,7-5-;. The van der Waals surface area contributed by atoms with Gasteiger partial charge in [0.2, 0.25) is 0 Å². The molecule has 84 valence electrons. The summed E-state index contributed by atoms with van der Waals surface area (Å²) in [5.41, 5.74) is 0. The van der Waals surface area contributed by atoms with Crippen molar-refractivity contribution >= 4 is 6.29 Å². The Balaban J connectivity index is 0. The molecule has 0 aliphatic carbocycles. The zero-order valence-corrected chi connectivity index (χ0v) is 9.73. The summed E-state index contributed by atoms with van der Waals surface area (Å²) < 4.78 is 0. The molecule has 2 nitrogen and oxygen atoms in total. The molecule has 0 fully saturated rings. The Labute approximate surface area is 93.7 Å². The van der Waals surface area contributed by atoms with Crippen LogP contribution in [0.5, 0.6) is 0 Å². The van der Waals surface area contributed by atoms with E-state index in [0.29, 0.717) is 6.42 Å². The molecule has 0 radical (unpaired) electrons. The van der Waals surface area contributed by atoms with Gasteiger partial charge >= 0.3 is 0 Å². The Morgan fingerprint density at radius 1 is 1.20 bits per heavy atom. The number of nitrogens with zero attached hydrogens (tertiary/aromatic N) is 1. The number of rotatable bonds is 7. The van der Waals surface area contributed by atoms with E-state index in [1.165, 1.54) is 0 Å². The number of allylic oxidation sites excluding steroid dienone is 3. The third kappa shape index (κ3) is 15.4. The van der Waals surface area contributed by atoms with Gasteiger partial charge in [-0.3, -0.25) is 0 Å². The Morgan fingerprint density at radius 3 is 2.33 bits per heavy atom. The van der Waals surface area contributed by atoms with E-state index in [4.69, 9.17) is 0 Å². The Hall–Kier alpha value is -1.33. The van der Waals surface area contributed by atoms with Gasteiger partial charge in [-0.25, -0.2) is 0 Å². The molecule has 0 amide bonds. The molecule has 0 aliphatic rings. The molecule has 0 aromatic heterocycles. The zero-order valence-electron chi connectivity index (χ0n) is 9.73. The summed E-state index contributed by atoms with van der Waals surface area (Å²) in [6.45, 7) is 4.33.